The van der Waals surface area contributed by atoms with Crippen LogP contribution in [-0.2, 0) is 28.5 Å². The molecular formula is C13H22O6. The van der Waals surface area contributed by atoms with E-state index in [0.717, 1.165) is 0 Å². The Labute approximate surface area is 113 Å². The van der Waals surface area contributed by atoms with Crippen LogP contribution < -0.4 is 0 Å². The van der Waals surface area contributed by atoms with Crippen LogP contribution in [0.4, 0.5) is 0 Å². The van der Waals surface area contributed by atoms with Gasteiger partial charge in [-0.2, -0.15) is 0 Å². The summed E-state index contributed by atoms with van der Waals surface area (Å²) in [5.74, 6) is -2.11. The second kappa shape index (κ2) is 6.86. The summed E-state index contributed by atoms with van der Waals surface area (Å²) in [5.41, 5.74) is 0. The second-order valence-electron chi connectivity index (χ2n) is 4.20. The first-order valence-electron chi connectivity index (χ1n) is 6.72. The maximum absolute atomic E-state index is 11.8. The third-order valence-corrected chi connectivity index (χ3v) is 3.07. The molecule has 1 rings (SSSR count). The number of carbonyl (C=O) groups excluding carboxylic acids is 2. The van der Waals surface area contributed by atoms with Gasteiger partial charge >= 0.3 is 11.9 Å². The van der Waals surface area contributed by atoms with Crippen LogP contribution in [0.5, 0.6) is 0 Å². The number of hydrogen-bond acceptors (Lipinski definition) is 6. The monoisotopic (exact) mass is 274 g/mol. The molecule has 0 aliphatic carbocycles. The van der Waals surface area contributed by atoms with Crippen molar-refractivity contribution >= 4 is 11.9 Å². The molecule has 0 N–H and O–H groups in total. The molecule has 19 heavy (non-hydrogen) atoms. The summed E-state index contributed by atoms with van der Waals surface area (Å²) in [6.07, 6.45) is -1.04. The van der Waals surface area contributed by atoms with E-state index >= 15 is 0 Å². The fraction of sp³-hybridized carbons (Fsp3) is 0.846. The molecule has 0 unspecified atom stereocenters. The second-order valence-corrected chi connectivity index (χ2v) is 4.20. The van der Waals surface area contributed by atoms with Gasteiger partial charge in [-0.25, -0.2) is 9.59 Å². The lowest BCUT2D eigenvalue weighted by Gasteiger charge is -2.24. The quantitative estimate of drug-likeness (QED) is 0.682. The summed E-state index contributed by atoms with van der Waals surface area (Å²) >= 11 is 0. The van der Waals surface area contributed by atoms with Gasteiger partial charge in [0.05, 0.1) is 13.2 Å². The number of rotatable bonds is 6. The highest BCUT2D eigenvalue weighted by molar-refractivity contribution is 5.86. The molecule has 0 bridgehead atoms. The van der Waals surface area contributed by atoms with Gasteiger partial charge < -0.3 is 18.9 Å². The zero-order valence-corrected chi connectivity index (χ0v) is 11.9. The Hall–Kier alpha value is -1.14. The van der Waals surface area contributed by atoms with E-state index in [0.29, 0.717) is 12.8 Å². The van der Waals surface area contributed by atoms with Crippen molar-refractivity contribution in [2.75, 3.05) is 13.2 Å². The standard InChI is InChI=1S/C13H22O6/c1-5-13(6-2)18-9(11(14)16-7-3)10(19-13)12(15)17-8-4/h9-10H,5-8H2,1-4H3/t9-,10-/m0/s1. The molecule has 6 nitrogen and oxygen atoms in total. The Bertz CT molecular complexity index is 295. The van der Waals surface area contributed by atoms with Crippen LogP contribution in [0.3, 0.4) is 0 Å². The molecule has 0 saturated carbocycles. The maximum Gasteiger partial charge on any atom is 0.338 e. The van der Waals surface area contributed by atoms with Gasteiger partial charge in [0.2, 0.25) is 0 Å². The van der Waals surface area contributed by atoms with Crippen LogP contribution in [0.15, 0.2) is 0 Å². The van der Waals surface area contributed by atoms with Crippen molar-refractivity contribution in [3.63, 3.8) is 0 Å². The summed E-state index contributed by atoms with van der Waals surface area (Å²) in [7, 11) is 0. The highest BCUT2D eigenvalue weighted by Gasteiger charge is 2.53. The molecule has 1 saturated heterocycles. The van der Waals surface area contributed by atoms with Gasteiger partial charge in [-0.1, -0.05) is 13.8 Å². The van der Waals surface area contributed by atoms with Gasteiger partial charge in [-0.3, -0.25) is 0 Å². The van der Waals surface area contributed by atoms with Crippen molar-refractivity contribution in [2.24, 2.45) is 0 Å². The molecule has 1 aliphatic rings. The van der Waals surface area contributed by atoms with Gasteiger partial charge in [0.15, 0.2) is 18.0 Å². The Balaban J connectivity index is 2.89. The van der Waals surface area contributed by atoms with E-state index in [9.17, 15) is 9.59 Å². The van der Waals surface area contributed by atoms with Crippen molar-refractivity contribution in [3.05, 3.63) is 0 Å². The number of carbonyl (C=O) groups is 2. The van der Waals surface area contributed by atoms with Gasteiger partial charge in [-0.05, 0) is 26.7 Å². The van der Waals surface area contributed by atoms with E-state index in [1.807, 2.05) is 13.8 Å². The molecule has 1 heterocycles. The highest BCUT2D eigenvalue weighted by atomic mass is 16.8. The van der Waals surface area contributed by atoms with Crippen molar-refractivity contribution < 1.29 is 28.5 Å². The molecule has 0 aromatic heterocycles. The molecule has 0 spiro atoms. The van der Waals surface area contributed by atoms with Crippen molar-refractivity contribution in [1.82, 2.24) is 0 Å². The SMILES string of the molecule is CCOC(=O)[C@H]1OC(CC)(CC)O[C@@H]1C(=O)OCC. The minimum atomic E-state index is -1.06. The number of hydrogen-bond donors (Lipinski definition) is 0. The molecular weight excluding hydrogens is 252 g/mol. The van der Waals surface area contributed by atoms with Crippen molar-refractivity contribution in [3.8, 4) is 0 Å². The summed E-state index contributed by atoms with van der Waals surface area (Å²) < 4.78 is 21.1. The fourth-order valence-electron chi connectivity index (χ4n) is 1.99. The number of ether oxygens (including phenoxy) is 4. The van der Waals surface area contributed by atoms with Crippen LogP contribution in [0.25, 0.3) is 0 Å². The molecule has 2 atom stereocenters. The summed E-state index contributed by atoms with van der Waals surface area (Å²) in [6.45, 7) is 7.58. The average molecular weight is 274 g/mol. The first-order chi connectivity index (χ1) is 9.03. The molecule has 0 aromatic carbocycles. The zero-order valence-electron chi connectivity index (χ0n) is 11.9. The number of esters is 2. The van der Waals surface area contributed by atoms with Crippen LogP contribution in [0.1, 0.15) is 40.5 Å². The Morgan fingerprint density at radius 2 is 1.26 bits per heavy atom. The van der Waals surface area contributed by atoms with Crippen molar-refractivity contribution in [2.45, 2.75) is 58.5 Å². The third kappa shape index (κ3) is 3.45. The molecule has 0 radical (unpaired) electrons. The van der Waals surface area contributed by atoms with Crippen LogP contribution in [-0.4, -0.2) is 43.1 Å². The highest BCUT2D eigenvalue weighted by Crippen LogP contribution is 2.35. The summed E-state index contributed by atoms with van der Waals surface area (Å²) in [5, 5.41) is 0. The van der Waals surface area contributed by atoms with Crippen LogP contribution in [0.2, 0.25) is 0 Å². The van der Waals surface area contributed by atoms with Gasteiger partial charge in [-0.15, -0.1) is 0 Å². The summed E-state index contributed by atoms with van der Waals surface area (Å²) in [4.78, 5) is 23.7. The van der Waals surface area contributed by atoms with E-state index < -0.39 is 29.9 Å². The van der Waals surface area contributed by atoms with Gasteiger partial charge in [0, 0.05) is 0 Å². The normalized spacial score (nSPS) is 25.1. The van der Waals surface area contributed by atoms with Crippen LogP contribution >= 0.6 is 0 Å². The molecule has 110 valence electrons. The smallest absolute Gasteiger partial charge is 0.338 e. The Kier molecular flexibility index (Phi) is 5.75. The topological polar surface area (TPSA) is 71.1 Å². The van der Waals surface area contributed by atoms with E-state index in [1.165, 1.54) is 0 Å². The lowest BCUT2D eigenvalue weighted by molar-refractivity contribution is -0.192. The fourth-order valence-corrected chi connectivity index (χ4v) is 1.99. The first kappa shape index (κ1) is 15.9. The summed E-state index contributed by atoms with van der Waals surface area (Å²) in [6, 6.07) is 0. The van der Waals surface area contributed by atoms with Gasteiger partial charge in [0.1, 0.15) is 0 Å². The largest absolute Gasteiger partial charge is 0.464 e. The van der Waals surface area contributed by atoms with Crippen LogP contribution in [0, 0.1) is 0 Å². The molecule has 1 fully saturated rings. The third-order valence-electron chi connectivity index (χ3n) is 3.07. The predicted molar refractivity (Wildman–Crippen MR) is 66.3 cm³/mol. The Morgan fingerprint density at radius 3 is 1.53 bits per heavy atom. The lowest BCUT2D eigenvalue weighted by atomic mass is 10.1. The predicted octanol–water partition coefficient (Wildman–Crippen LogP) is 1.41. The molecule has 1 aliphatic heterocycles. The van der Waals surface area contributed by atoms with E-state index in [4.69, 9.17) is 18.9 Å². The molecule has 0 aromatic rings. The van der Waals surface area contributed by atoms with E-state index in [2.05, 4.69) is 0 Å². The van der Waals surface area contributed by atoms with Gasteiger partial charge in [0.25, 0.3) is 0 Å². The Morgan fingerprint density at radius 1 is 0.895 bits per heavy atom. The first-order valence-corrected chi connectivity index (χ1v) is 6.72. The minimum Gasteiger partial charge on any atom is -0.464 e. The molecule has 0 amide bonds. The minimum absolute atomic E-state index is 0.222. The van der Waals surface area contributed by atoms with E-state index in [-0.39, 0.29) is 13.2 Å². The van der Waals surface area contributed by atoms with E-state index in [1.54, 1.807) is 13.8 Å². The lowest BCUT2D eigenvalue weighted by Crippen LogP contribution is -2.39. The van der Waals surface area contributed by atoms with Crippen molar-refractivity contribution in [1.29, 1.82) is 0 Å². The maximum atomic E-state index is 11.8. The average Bonchev–Trinajstić information content (AvgIpc) is 2.80. The zero-order chi connectivity index (χ0) is 14.5. The molecule has 6 heteroatoms.